The van der Waals surface area contributed by atoms with E-state index in [9.17, 15) is 0 Å². The van der Waals surface area contributed by atoms with Crippen molar-refractivity contribution in [2.75, 3.05) is 26.7 Å². The second kappa shape index (κ2) is 8.81. The Bertz CT molecular complexity index is 434. The Morgan fingerprint density at radius 1 is 0.957 bits per heavy atom. The number of benzene rings is 1. The quantitative estimate of drug-likeness (QED) is 0.872. The van der Waals surface area contributed by atoms with Gasteiger partial charge in [-0.15, -0.1) is 0 Å². The average molecular weight is 316 g/mol. The zero-order valence-electron chi connectivity index (χ0n) is 14.5. The topological polar surface area (TPSA) is 24.5 Å². The van der Waals surface area contributed by atoms with Crippen LogP contribution in [-0.4, -0.2) is 49.8 Å². The highest BCUT2D eigenvalue weighted by molar-refractivity contribution is 5.14. The third kappa shape index (κ3) is 5.30. The van der Waals surface area contributed by atoms with E-state index in [1.807, 2.05) is 7.11 Å². The fourth-order valence-corrected chi connectivity index (χ4v) is 4.05. The maximum absolute atomic E-state index is 5.47. The number of ether oxygens (including phenoxy) is 1. The molecule has 23 heavy (non-hydrogen) atoms. The molecule has 2 aliphatic rings. The molecular weight excluding hydrogens is 284 g/mol. The van der Waals surface area contributed by atoms with Crippen LogP contribution in [0.3, 0.4) is 0 Å². The molecule has 0 aromatic heterocycles. The number of methoxy groups -OCH3 is 1. The molecule has 1 aliphatic carbocycles. The lowest BCUT2D eigenvalue weighted by molar-refractivity contribution is 0.0593. The first-order chi connectivity index (χ1) is 11.3. The van der Waals surface area contributed by atoms with Gasteiger partial charge in [0.25, 0.3) is 0 Å². The summed E-state index contributed by atoms with van der Waals surface area (Å²) < 4.78 is 5.47. The van der Waals surface area contributed by atoms with Crippen LogP contribution in [0.1, 0.15) is 44.1 Å². The van der Waals surface area contributed by atoms with Crippen LogP contribution in [-0.2, 0) is 11.2 Å². The summed E-state index contributed by atoms with van der Waals surface area (Å²) in [6.45, 7) is 3.70. The molecule has 1 N–H and O–H groups in total. The predicted octanol–water partition coefficient (Wildman–Crippen LogP) is 3.24. The Morgan fingerprint density at radius 3 is 2.26 bits per heavy atom. The van der Waals surface area contributed by atoms with Crippen molar-refractivity contribution in [2.45, 2.75) is 63.1 Å². The van der Waals surface area contributed by atoms with Crippen molar-refractivity contribution in [2.24, 2.45) is 0 Å². The molecule has 1 aromatic rings. The highest BCUT2D eigenvalue weighted by Crippen LogP contribution is 2.22. The third-order valence-corrected chi connectivity index (χ3v) is 5.63. The maximum Gasteiger partial charge on any atom is 0.0572 e. The summed E-state index contributed by atoms with van der Waals surface area (Å²) in [5, 5.41) is 3.91. The molecule has 3 nitrogen and oxygen atoms in total. The van der Waals surface area contributed by atoms with Crippen molar-refractivity contribution in [3.8, 4) is 0 Å². The SMILES string of the molecule is COC1CCC(NC2CCN(CCc3ccccc3)CC2)CC1. The highest BCUT2D eigenvalue weighted by Gasteiger charge is 2.25. The van der Waals surface area contributed by atoms with Crippen molar-refractivity contribution >= 4 is 0 Å². The van der Waals surface area contributed by atoms with E-state index in [1.165, 1.54) is 70.1 Å². The lowest BCUT2D eigenvalue weighted by atomic mass is 9.91. The lowest BCUT2D eigenvalue weighted by Crippen LogP contribution is -2.47. The molecule has 0 spiro atoms. The van der Waals surface area contributed by atoms with Gasteiger partial charge in [0.05, 0.1) is 6.10 Å². The molecule has 0 radical (unpaired) electrons. The largest absolute Gasteiger partial charge is 0.381 e. The number of nitrogens with one attached hydrogen (secondary N) is 1. The van der Waals surface area contributed by atoms with Gasteiger partial charge >= 0.3 is 0 Å². The maximum atomic E-state index is 5.47. The molecule has 1 saturated carbocycles. The molecule has 1 heterocycles. The minimum Gasteiger partial charge on any atom is -0.381 e. The van der Waals surface area contributed by atoms with E-state index in [4.69, 9.17) is 4.74 Å². The number of likely N-dealkylation sites (tertiary alicyclic amines) is 1. The van der Waals surface area contributed by atoms with E-state index < -0.39 is 0 Å². The van der Waals surface area contributed by atoms with E-state index in [-0.39, 0.29) is 0 Å². The van der Waals surface area contributed by atoms with E-state index in [0.29, 0.717) is 6.10 Å². The molecule has 0 amide bonds. The van der Waals surface area contributed by atoms with Crippen molar-refractivity contribution in [1.82, 2.24) is 10.2 Å². The van der Waals surface area contributed by atoms with Crippen molar-refractivity contribution in [1.29, 1.82) is 0 Å². The lowest BCUT2D eigenvalue weighted by Gasteiger charge is -2.36. The Hall–Kier alpha value is -0.900. The van der Waals surface area contributed by atoms with Crippen molar-refractivity contribution in [3.63, 3.8) is 0 Å². The van der Waals surface area contributed by atoms with Crippen LogP contribution in [0, 0.1) is 0 Å². The number of rotatable bonds is 6. The molecule has 1 saturated heterocycles. The van der Waals surface area contributed by atoms with Crippen LogP contribution in [0.2, 0.25) is 0 Å². The smallest absolute Gasteiger partial charge is 0.0572 e. The van der Waals surface area contributed by atoms with Crippen LogP contribution in [0.15, 0.2) is 30.3 Å². The van der Waals surface area contributed by atoms with E-state index in [0.717, 1.165) is 12.1 Å². The van der Waals surface area contributed by atoms with Crippen molar-refractivity contribution in [3.05, 3.63) is 35.9 Å². The molecule has 2 fully saturated rings. The fourth-order valence-electron chi connectivity index (χ4n) is 4.05. The van der Waals surface area contributed by atoms with E-state index in [2.05, 4.69) is 40.5 Å². The second-order valence-electron chi connectivity index (χ2n) is 7.23. The van der Waals surface area contributed by atoms with Gasteiger partial charge in [0, 0.05) is 25.7 Å². The molecule has 0 unspecified atom stereocenters. The highest BCUT2D eigenvalue weighted by atomic mass is 16.5. The Labute approximate surface area is 141 Å². The van der Waals surface area contributed by atoms with Crippen LogP contribution >= 0.6 is 0 Å². The molecule has 3 heteroatoms. The van der Waals surface area contributed by atoms with Gasteiger partial charge in [-0.1, -0.05) is 30.3 Å². The van der Waals surface area contributed by atoms with Gasteiger partial charge in [0.2, 0.25) is 0 Å². The number of piperidine rings is 1. The Balaban J connectivity index is 1.32. The Morgan fingerprint density at radius 2 is 1.61 bits per heavy atom. The molecule has 1 aliphatic heterocycles. The summed E-state index contributed by atoms with van der Waals surface area (Å²) in [4.78, 5) is 2.63. The van der Waals surface area contributed by atoms with Crippen LogP contribution in [0.5, 0.6) is 0 Å². The summed E-state index contributed by atoms with van der Waals surface area (Å²) >= 11 is 0. The van der Waals surface area contributed by atoms with Crippen LogP contribution in [0.4, 0.5) is 0 Å². The Kier molecular flexibility index (Phi) is 6.49. The molecule has 128 valence electrons. The molecule has 0 bridgehead atoms. The molecule has 3 rings (SSSR count). The first-order valence-electron chi connectivity index (χ1n) is 9.38. The summed E-state index contributed by atoms with van der Waals surface area (Å²) in [5.74, 6) is 0. The molecular formula is C20H32N2O. The van der Waals surface area contributed by atoms with E-state index >= 15 is 0 Å². The van der Waals surface area contributed by atoms with Gasteiger partial charge in [0.15, 0.2) is 0 Å². The van der Waals surface area contributed by atoms with Gasteiger partial charge in [-0.2, -0.15) is 0 Å². The predicted molar refractivity (Wildman–Crippen MR) is 95.8 cm³/mol. The minimum absolute atomic E-state index is 0.507. The number of nitrogens with zero attached hydrogens (tertiary/aromatic N) is 1. The van der Waals surface area contributed by atoms with Gasteiger partial charge in [-0.25, -0.2) is 0 Å². The first-order valence-corrected chi connectivity index (χ1v) is 9.38. The number of hydrogen-bond acceptors (Lipinski definition) is 3. The van der Waals surface area contributed by atoms with Crippen LogP contribution in [0.25, 0.3) is 0 Å². The monoisotopic (exact) mass is 316 g/mol. The summed E-state index contributed by atoms with van der Waals surface area (Å²) in [6.07, 6.45) is 9.32. The normalized spacial score (nSPS) is 27.2. The van der Waals surface area contributed by atoms with E-state index in [1.54, 1.807) is 0 Å². The molecule has 0 atom stereocenters. The zero-order chi connectivity index (χ0) is 15.9. The van der Waals surface area contributed by atoms with Crippen LogP contribution < -0.4 is 5.32 Å². The fraction of sp³-hybridized carbons (Fsp3) is 0.700. The average Bonchev–Trinajstić information content (AvgIpc) is 2.63. The zero-order valence-corrected chi connectivity index (χ0v) is 14.5. The van der Waals surface area contributed by atoms with Gasteiger partial charge < -0.3 is 15.0 Å². The standard InChI is InChI=1S/C20H32N2O/c1-23-20-9-7-18(8-10-20)21-19-12-15-22(16-13-19)14-11-17-5-3-2-4-6-17/h2-6,18-21H,7-16H2,1H3. The third-order valence-electron chi connectivity index (χ3n) is 5.63. The van der Waals surface area contributed by atoms with Gasteiger partial charge in [-0.3, -0.25) is 0 Å². The van der Waals surface area contributed by atoms with Gasteiger partial charge in [-0.05, 0) is 63.6 Å². The second-order valence-corrected chi connectivity index (χ2v) is 7.23. The molecule has 1 aromatic carbocycles. The summed E-state index contributed by atoms with van der Waals surface area (Å²) in [7, 11) is 1.85. The van der Waals surface area contributed by atoms with Crippen molar-refractivity contribution < 1.29 is 4.74 Å². The summed E-state index contributed by atoms with van der Waals surface area (Å²) in [6, 6.07) is 12.3. The first kappa shape index (κ1) is 16.9. The number of hydrogen-bond donors (Lipinski definition) is 1. The summed E-state index contributed by atoms with van der Waals surface area (Å²) in [5.41, 5.74) is 1.46. The minimum atomic E-state index is 0.507. The van der Waals surface area contributed by atoms with Gasteiger partial charge in [0.1, 0.15) is 0 Å².